The molecular formula is C13H20N4O. The van der Waals surface area contributed by atoms with Gasteiger partial charge in [0.05, 0.1) is 11.3 Å². The first kappa shape index (κ1) is 12.8. The molecule has 18 heavy (non-hydrogen) atoms. The van der Waals surface area contributed by atoms with E-state index in [1.807, 2.05) is 13.8 Å². The molecule has 0 aliphatic heterocycles. The van der Waals surface area contributed by atoms with E-state index in [1.165, 1.54) is 6.42 Å². The Bertz CT molecular complexity index is 455. The fraction of sp³-hybridized carbons (Fsp3) is 0.615. The Morgan fingerprint density at radius 2 is 2.06 bits per heavy atom. The van der Waals surface area contributed by atoms with Crippen LogP contribution in [0.25, 0.3) is 0 Å². The van der Waals surface area contributed by atoms with Gasteiger partial charge in [0.2, 0.25) is 5.88 Å². The van der Waals surface area contributed by atoms with Crippen LogP contribution < -0.4 is 10.5 Å². The molecule has 1 aliphatic rings. The molecule has 1 aromatic rings. The van der Waals surface area contributed by atoms with Crippen molar-refractivity contribution in [2.24, 2.45) is 5.73 Å². The third kappa shape index (κ3) is 2.30. The van der Waals surface area contributed by atoms with Gasteiger partial charge in [-0.1, -0.05) is 13.8 Å². The van der Waals surface area contributed by atoms with Gasteiger partial charge >= 0.3 is 0 Å². The third-order valence-corrected chi connectivity index (χ3v) is 3.41. The highest BCUT2D eigenvalue weighted by atomic mass is 16.5. The van der Waals surface area contributed by atoms with Crippen molar-refractivity contribution in [1.29, 1.82) is 5.41 Å². The van der Waals surface area contributed by atoms with Crippen LogP contribution in [0.2, 0.25) is 0 Å². The topological polar surface area (TPSA) is 84.9 Å². The molecule has 3 N–H and O–H groups in total. The zero-order chi connectivity index (χ0) is 13.1. The Balaban J connectivity index is 2.41. The minimum absolute atomic E-state index is 0.0192. The van der Waals surface area contributed by atoms with E-state index in [9.17, 15) is 0 Å². The summed E-state index contributed by atoms with van der Waals surface area (Å²) in [6, 6.07) is 0. The Morgan fingerprint density at radius 3 is 2.50 bits per heavy atom. The van der Waals surface area contributed by atoms with Crippen molar-refractivity contribution in [2.45, 2.75) is 52.1 Å². The highest BCUT2D eigenvalue weighted by Crippen LogP contribution is 2.28. The number of hydrogen-bond donors (Lipinski definition) is 2. The molecule has 1 fully saturated rings. The van der Waals surface area contributed by atoms with Crippen LogP contribution in [0.15, 0.2) is 0 Å². The average Bonchev–Trinajstić information content (AvgIpc) is 2.32. The largest absolute Gasteiger partial charge is 0.473 e. The van der Waals surface area contributed by atoms with E-state index in [4.69, 9.17) is 15.9 Å². The zero-order valence-corrected chi connectivity index (χ0v) is 11.0. The van der Waals surface area contributed by atoms with E-state index >= 15 is 0 Å². The molecule has 0 atom stereocenters. The normalized spacial score (nSPS) is 15.2. The molecule has 1 aromatic heterocycles. The van der Waals surface area contributed by atoms with Crippen LogP contribution in [0, 0.1) is 5.41 Å². The fourth-order valence-corrected chi connectivity index (χ4v) is 2.16. The smallest absolute Gasteiger partial charge is 0.245 e. The first-order valence-corrected chi connectivity index (χ1v) is 6.56. The lowest BCUT2D eigenvalue weighted by atomic mass is 9.96. The Morgan fingerprint density at radius 1 is 1.33 bits per heavy atom. The predicted octanol–water partition coefficient (Wildman–Crippen LogP) is 1.82. The maximum absolute atomic E-state index is 7.74. The van der Waals surface area contributed by atoms with Crippen molar-refractivity contribution in [3.05, 3.63) is 16.8 Å². The van der Waals surface area contributed by atoms with Gasteiger partial charge in [-0.15, -0.1) is 5.10 Å². The molecule has 0 radical (unpaired) electrons. The minimum Gasteiger partial charge on any atom is -0.473 e. The maximum atomic E-state index is 7.74. The number of aryl methyl sites for hydroxylation is 1. The summed E-state index contributed by atoms with van der Waals surface area (Å²) in [6.45, 7) is 4.06. The summed E-state index contributed by atoms with van der Waals surface area (Å²) in [5.74, 6) is 0.451. The Kier molecular flexibility index (Phi) is 3.79. The molecule has 5 nitrogen and oxygen atoms in total. The van der Waals surface area contributed by atoms with Gasteiger partial charge < -0.3 is 10.5 Å². The van der Waals surface area contributed by atoms with Crippen LogP contribution in [0.4, 0.5) is 0 Å². The number of ether oxygens (including phenoxy) is 1. The molecule has 0 bridgehead atoms. The zero-order valence-electron chi connectivity index (χ0n) is 11.0. The standard InChI is InChI=1S/C13H20N4O/c1-3-9-10(4-2)16-17-13(11(9)12(14)15)18-8-6-5-7-8/h8H,3-7H2,1-2H3,(H3,14,15). The first-order chi connectivity index (χ1) is 8.67. The lowest BCUT2D eigenvalue weighted by molar-refractivity contribution is 0.113. The van der Waals surface area contributed by atoms with E-state index in [-0.39, 0.29) is 11.9 Å². The van der Waals surface area contributed by atoms with Crippen molar-refractivity contribution in [3.8, 4) is 5.88 Å². The third-order valence-electron chi connectivity index (χ3n) is 3.41. The van der Waals surface area contributed by atoms with Crippen LogP contribution in [0.1, 0.15) is 49.9 Å². The average molecular weight is 248 g/mol. The summed E-state index contributed by atoms with van der Waals surface area (Å²) < 4.78 is 5.79. The Hall–Kier alpha value is -1.65. The van der Waals surface area contributed by atoms with Crippen molar-refractivity contribution in [2.75, 3.05) is 0 Å². The van der Waals surface area contributed by atoms with E-state index in [2.05, 4.69) is 10.2 Å². The van der Waals surface area contributed by atoms with Crippen LogP contribution in [0.3, 0.4) is 0 Å². The van der Waals surface area contributed by atoms with Crippen molar-refractivity contribution < 1.29 is 4.74 Å². The van der Waals surface area contributed by atoms with Crippen LogP contribution >= 0.6 is 0 Å². The maximum Gasteiger partial charge on any atom is 0.245 e. The quantitative estimate of drug-likeness (QED) is 0.615. The molecule has 0 aromatic carbocycles. The van der Waals surface area contributed by atoms with Crippen LogP contribution in [-0.2, 0) is 12.8 Å². The summed E-state index contributed by atoms with van der Waals surface area (Å²) in [4.78, 5) is 0. The number of nitrogens with zero attached hydrogens (tertiary/aromatic N) is 2. The molecule has 1 aliphatic carbocycles. The van der Waals surface area contributed by atoms with E-state index in [0.717, 1.165) is 36.9 Å². The minimum atomic E-state index is 0.0192. The SMILES string of the molecule is CCc1nnc(OC2CCC2)c(C(=N)N)c1CC. The summed E-state index contributed by atoms with van der Waals surface area (Å²) in [6.07, 6.45) is 5.09. The van der Waals surface area contributed by atoms with Gasteiger partial charge in [0.1, 0.15) is 11.9 Å². The summed E-state index contributed by atoms with van der Waals surface area (Å²) in [5, 5.41) is 16.0. The molecule has 98 valence electrons. The molecule has 2 rings (SSSR count). The second-order valence-electron chi connectivity index (χ2n) is 4.60. The summed E-state index contributed by atoms with van der Waals surface area (Å²) >= 11 is 0. The molecule has 1 heterocycles. The molecule has 5 heteroatoms. The van der Waals surface area contributed by atoms with Crippen molar-refractivity contribution in [1.82, 2.24) is 10.2 Å². The number of nitrogens with one attached hydrogen (secondary N) is 1. The highest BCUT2D eigenvalue weighted by Gasteiger charge is 2.24. The number of hydrogen-bond acceptors (Lipinski definition) is 4. The number of amidine groups is 1. The number of nitrogens with two attached hydrogens (primary N) is 1. The van der Waals surface area contributed by atoms with E-state index in [1.54, 1.807) is 0 Å². The second kappa shape index (κ2) is 5.33. The van der Waals surface area contributed by atoms with Crippen molar-refractivity contribution in [3.63, 3.8) is 0 Å². The van der Waals surface area contributed by atoms with Gasteiger partial charge in [-0.05, 0) is 37.7 Å². The van der Waals surface area contributed by atoms with Gasteiger partial charge in [-0.25, -0.2) is 0 Å². The van der Waals surface area contributed by atoms with Crippen LogP contribution in [-0.4, -0.2) is 22.1 Å². The lowest BCUT2D eigenvalue weighted by Crippen LogP contribution is -2.28. The van der Waals surface area contributed by atoms with Gasteiger partial charge in [0, 0.05) is 0 Å². The first-order valence-electron chi connectivity index (χ1n) is 6.56. The fourth-order valence-electron chi connectivity index (χ4n) is 2.16. The monoisotopic (exact) mass is 248 g/mol. The van der Waals surface area contributed by atoms with Gasteiger partial charge in [-0.2, -0.15) is 5.10 Å². The second-order valence-corrected chi connectivity index (χ2v) is 4.60. The predicted molar refractivity (Wildman–Crippen MR) is 70.1 cm³/mol. The highest BCUT2D eigenvalue weighted by molar-refractivity contribution is 5.98. The van der Waals surface area contributed by atoms with Crippen LogP contribution in [0.5, 0.6) is 5.88 Å². The van der Waals surface area contributed by atoms with Gasteiger partial charge in [-0.3, -0.25) is 5.41 Å². The van der Waals surface area contributed by atoms with Gasteiger partial charge in [0.25, 0.3) is 0 Å². The molecule has 0 spiro atoms. The van der Waals surface area contributed by atoms with Crippen molar-refractivity contribution >= 4 is 5.84 Å². The van der Waals surface area contributed by atoms with E-state index in [0.29, 0.717) is 11.4 Å². The summed E-state index contributed by atoms with van der Waals surface area (Å²) in [5.41, 5.74) is 8.22. The number of aromatic nitrogens is 2. The molecular weight excluding hydrogens is 228 g/mol. The molecule has 0 saturated heterocycles. The lowest BCUT2D eigenvalue weighted by Gasteiger charge is -2.27. The molecule has 1 saturated carbocycles. The van der Waals surface area contributed by atoms with E-state index < -0.39 is 0 Å². The summed E-state index contributed by atoms with van der Waals surface area (Å²) in [7, 11) is 0. The number of rotatable bonds is 5. The molecule has 0 unspecified atom stereocenters. The Labute approximate surface area is 107 Å². The molecule has 0 amide bonds. The number of nitrogen functional groups attached to an aromatic ring is 1. The van der Waals surface area contributed by atoms with Gasteiger partial charge in [0.15, 0.2) is 0 Å².